The van der Waals surface area contributed by atoms with E-state index in [-0.39, 0.29) is 17.0 Å². The van der Waals surface area contributed by atoms with Crippen LogP contribution in [0.25, 0.3) is 0 Å². The molecule has 0 spiro atoms. The van der Waals surface area contributed by atoms with E-state index in [9.17, 15) is 27.6 Å². The van der Waals surface area contributed by atoms with E-state index in [1.807, 2.05) is 0 Å². The summed E-state index contributed by atoms with van der Waals surface area (Å²) < 4.78 is 36.3. The third kappa shape index (κ3) is 4.90. The average molecular weight is 350 g/mol. The molecule has 0 saturated carbocycles. The van der Waals surface area contributed by atoms with Gasteiger partial charge in [0.25, 0.3) is 0 Å². The van der Waals surface area contributed by atoms with E-state index in [4.69, 9.17) is 0 Å². The summed E-state index contributed by atoms with van der Waals surface area (Å²) in [7, 11) is 0. The number of nitrogens with one attached hydrogen (secondary N) is 2. The van der Waals surface area contributed by atoms with Crippen molar-refractivity contribution >= 4 is 23.3 Å². The van der Waals surface area contributed by atoms with Crippen LogP contribution in [0.1, 0.15) is 15.9 Å². The lowest BCUT2D eigenvalue weighted by Crippen LogP contribution is -2.41. The van der Waals surface area contributed by atoms with Crippen LogP contribution in [0.3, 0.4) is 0 Å². The zero-order chi connectivity index (χ0) is 18.4. The normalized spacial score (nSPS) is 10.8. The molecule has 2 N–H and O–H groups in total. The van der Waals surface area contributed by atoms with Gasteiger partial charge in [-0.2, -0.15) is 13.2 Å². The molecule has 0 heterocycles. The largest absolute Gasteiger partial charge is 0.471 e. The van der Waals surface area contributed by atoms with Crippen molar-refractivity contribution in [3.8, 4) is 0 Å². The Balaban J connectivity index is 2.09. The molecule has 0 aliphatic carbocycles. The number of ketones is 1. The summed E-state index contributed by atoms with van der Waals surface area (Å²) in [5, 5.41) is 3.79. The van der Waals surface area contributed by atoms with E-state index in [1.54, 1.807) is 42.5 Å². The number of anilines is 1. The van der Waals surface area contributed by atoms with Crippen LogP contribution in [0.5, 0.6) is 0 Å². The molecule has 8 heteroatoms. The number of rotatable bonds is 5. The molecular formula is C17H13F3N2O3. The van der Waals surface area contributed by atoms with Gasteiger partial charge in [-0.1, -0.05) is 42.5 Å². The van der Waals surface area contributed by atoms with Gasteiger partial charge in [0.2, 0.25) is 5.91 Å². The number of carbonyl (C=O) groups excluding carboxylic acids is 3. The number of alkyl halides is 3. The standard InChI is InChI=1S/C17H13F3N2O3/c18-17(19,20)16(25)21-10-14(23)22-13-9-5-4-8-12(13)15(24)11-6-2-1-3-7-11/h1-9H,10H2,(H,21,25)(H,22,23). The minimum Gasteiger partial charge on any atom is -0.339 e. The van der Waals surface area contributed by atoms with Crippen LogP contribution in [0, 0.1) is 0 Å². The van der Waals surface area contributed by atoms with Crippen LogP contribution in [-0.4, -0.2) is 30.3 Å². The van der Waals surface area contributed by atoms with Gasteiger partial charge < -0.3 is 10.6 Å². The summed E-state index contributed by atoms with van der Waals surface area (Å²) >= 11 is 0. The second kappa shape index (κ2) is 7.61. The van der Waals surface area contributed by atoms with E-state index < -0.39 is 24.5 Å². The zero-order valence-electron chi connectivity index (χ0n) is 12.8. The number of para-hydroxylation sites is 1. The van der Waals surface area contributed by atoms with Gasteiger partial charge in [-0.3, -0.25) is 14.4 Å². The molecule has 0 atom stereocenters. The Morgan fingerprint density at radius 2 is 1.48 bits per heavy atom. The van der Waals surface area contributed by atoms with Crippen LogP contribution in [0.2, 0.25) is 0 Å². The predicted molar refractivity (Wildman–Crippen MR) is 84.0 cm³/mol. The number of hydrogen-bond acceptors (Lipinski definition) is 3. The van der Waals surface area contributed by atoms with E-state index in [0.29, 0.717) is 5.56 Å². The van der Waals surface area contributed by atoms with E-state index in [0.717, 1.165) is 0 Å². The summed E-state index contributed by atoms with van der Waals surface area (Å²) in [6.45, 7) is -0.869. The highest BCUT2D eigenvalue weighted by Crippen LogP contribution is 2.19. The monoisotopic (exact) mass is 350 g/mol. The van der Waals surface area contributed by atoms with Gasteiger partial charge >= 0.3 is 12.1 Å². The fourth-order valence-corrected chi connectivity index (χ4v) is 1.99. The van der Waals surface area contributed by atoms with Gasteiger partial charge in [-0.05, 0) is 12.1 Å². The molecule has 0 radical (unpaired) electrons. The molecule has 2 rings (SSSR count). The van der Waals surface area contributed by atoms with Gasteiger partial charge in [0.15, 0.2) is 5.78 Å². The highest BCUT2D eigenvalue weighted by molar-refractivity contribution is 6.14. The summed E-state index contributed by atoms with van der Waals surface area (Å²) in [4.78, 5) is 34.9. The van der Waals surface area contributed by atoms with Crippen molar-refractivity contribution in [2.45, 2.75) is 6.18 Å². The molecule has 2 aromatic rings. The van der Waals surface area contributed by atoms with Gasteiger partial charge in [0.05, 0.1) is 12.2 Å². The summed E-state index contributed by atoms with van der Waals surface area (Å²) in [5.41, 5.74) is 0.724. The Kier molecular flexibility index (Phi) is 5.53. The lowest BCUT2D eigenvalue weighted by atomic mass is 10.0. The van der Waals surface area contributed by atoms with E-state index in [2.05, 4.69) is 5.32 Å². The maximum atomic E-state index is 12.5. The summed E-state index contributed by atoms with van der Waals surface area (Å²) in [5.74, 6) is -3.45. The van der Waals surface area contributed by atoms with Crippen molar-refractivity contribution in [1.29, 1.82) is 0 Å². The van der Waals surface area contributed by atoms with Crippen LogP contribution in [0.4, 0.5) is 18.9 Å². The molecule has 5 nitrogen and oxygen atoms in total. The molecule has 25 heavy (non-hydrogen) atoms. The average Bonchev–Trinajstić information content (AvgIpc) is 2.59. The molecule has 0 fully saturated rings. The highest BCUT2D eigenvalue weighted by atomic mass is 19.4. The Labute approximate surface area is 140 Å². The second-order valence-corrected chi connectivity index (χ2v) is 4.97. The fourth-order valence-electron chi connectivity index (χ4n) is 1.99. The lowest BCUT2D eigenvalue weighted by molar-refractivity contribution is -0.173. The third-order valence-electron chi connectivity index (χ3n) is 3.15. The number of halogens is 3. The molecule has 0 bridgehead atoms. The number of hydrogen-bond donors (Lipinski definition) is 2. The molecule has 0 saturated heterocycles. The Morgan fingerprint density at radius 1 is 0.880 bits per heavy atom. The first-order valence-electron chi connectivity index (χ1n) is 7.12. The van der Waals surface area contributed by atoms with Gasteiger partial charge in [-0.25, -0.2) is 0 Å². The maximum Gasteiger partial charge on any atom is 0.471 e. The van der Waals surface area contributed by atoms with E-state index in [1.165, 1.54) is 17.4 Å². The molecule has 130 valence electrons. The maximum absolute atomic E-state index is 12.5. The Bertz CT molecular complexity index is 789. The van der Waals surface area contributed by atoms with Crippen molar-refractivity contribution in [2.75, 3.05) is 11.9 Å². The first-order chi connectivity index (χ1) is 11.8. The number of amides is 2. The molecule has 2 aromatic carbocycles. The van der Waals surface area contributed by atoms with Crippen LogP contribution in [0.15, 0.2) is 54.6 Å². The van der Waals surface area contributed by atoms with Crippen LogP contribution < -0.4 is 10.6 Å². The minimum absolute atomic E-state index is 0.141. The molecule has 0 unspecified atom stereocenters. The van der Waals surface area contributed by atoms with Gasteiger partial charge in [-0.15, -0.1) is 0 Å². The van der Waals surface area contributed by atoms with Crippen molar-refractivity contribution in [2.24, 2.45) is 0 Å². The minimum atomic E-state index is -5.07. The Morgan fingerprint density at radius 3 is 2.12 bits per heavy atom. The van der Waals surface area contributed by atoms with E-state index >= 15 is 0 Å². The number of benzene rings is 2. The van der Waals surface area contributed by atoms with Gasteiger partial charge in [0, 0.05) is 11.1 Å². The van der Waals surface area contributed by atoms with Crippen molar-refractivity contribution in [3.63, 3.8) is 0 Å². The molecule has 0 aliphatic rings. The topological polar surface area (TPSA) is 75.3 Å². The number of carbonyl (C=O) groups is 3. The fraction of sp³-hybridized carbons (Fsp3) is 0.118. The quantitative estimate of drug-likeness (QED) is 0.814. The lowest BCUT2D eigenvalue weighted by Gasteiger charge is -2.11. The molecule has 2 amide bonds. The second-order valence-electron chi connectivity index (χ2n) is 4.97. The van der Waals surface area contributed by atoms with Crippen molar-refractivity contribution in [3.05, 3.63) is 65.7 Å². The third-order valence-corrected chi connectivity index (χ3v) is 3.15. The first kappa shape index (κ1) is 18.2. The molecular weight excluding hydrogens is 337 g/mol. The highest BCUT2D eigenvalue weighted by Gasteiger charge is 2.38. The smallest absolute Gasteiger partial charge is 0.339 e. The first-order valence-corrected chi connectivity index (χ1v) is 7.12. The molecule has 0 aromatic heterocycles. The predicted octanol–water partition coefficient (Wildman–Crippen LogP) is 2.53. The SMILES string of the molecule is O=C(CNC(=O)C(F)(F)F)Nc1ccccc1C(=O)c1ccccc1. The summed E-state index contributed by atoms with van der Waals surface area (Å²) in [6, 6.07) is 14.4. The zero-order valence-corrected chi connectivity index (χ0v) is 12.8. The van der Waals surface area contributed by atoms with Crippen molar-refractivity contribution in [1.82, 2.24) is 5.32 Å². The van der Waals surface area contributed by atoms with Crippen molar-refractivity contribution < 1.29 is 27.6 Å². The Hall–Kier alpha value is -3.16. The van der Waals surface area contributed by atoms with Gasteiger partial charge in [0.1, 0.15) is 0 Å². The van der Waals surface area contributed by atoms with Crippen LogP contribution >= 0.6 is 0 Å². The molecule has 0 aliphatic heterocycles. The summed E-state index contributed by atoms with van der Waals surface area (Å²) in [6.07, 6.45) is -5.07. The van der Waals surface area contributed by atoms with Crippen LogP contribution in [-0.2, 0) is 9.59 Å².